The third-order valence-electron chi connectivity index (χ3n) is 14.3. The maximum Gasteiger partial charge on any atom is 0.410 e. The molecule has 5 heterocycles. The van der Waals surface area contributed by atoms with Crippen molar-refractivity contribution in [3.8, 4) is 11.3 Å². The highest BCUT2D eigenvalue weighted by Gasteiger charge is 2.57. The van der Waals surface area contributed by atoms with Crippen LogP contribution in [0.15, 0.2) is 91.1 Å². The maximum atomic E-state index is 16.3. The fourth-order valence-corrected chi connectivity index (χ4v) is 10.3. The molecule has 1 unspecified atom stereocenters. The van der Waals surface area contributed by atoms with E-state index in [0.717, 1.165) is 20.9 Å². The standard InChI is InChI=1S/C55H64F2N8O10/c1-33(2)48(61-44(66)12-8-5-9-23-63-46(68)19-20-47(63)69)53(71)58-27-45(67)59-38-16-14-36(15-17-38)32-75-55(73)65-30-42(57)40-29-64(54(72)51(70)50(40)65)49(37-21-24-74-25-22-37)52-60-43(39-26-34(3)13-18-41(39)56)31-62(52)28-35-10-6-4-7-11-35/h4,6-7,10-11,13-20,26,31,33,37,40,42,48-51,70H,5,8-9,12,21-25,27-30,32H2,1-3H3,(H,58,71)(H,59,67)(H,61,66)/t40-,42-,48-,49+,50?,51-/m0/s1. The number of alkyl halides is 1. The van der Waals surface area contributed by atoms with Gasteiger partial charge in [-0.05, 0) is 79.8 Å². The zero-order valence-electron chi connectivity index (χ0n) is 42.3. The minimum Gasteiger partial charge on any atom is -0.445 e. The van der Waals surface area contributed by atoms with Gasteiger partial charge in [-0.3, -0.25) is 38.6 Å². The highest BCUT2D eigenvalue weighted by molar-refractivity contribution is 6.12. The molecule has 6 atom stereocenters. The van der Waals surface area contributed by atoms with E-state index in [9.17, 15) is 38.7 Å². The molecule has 0 radical (unpaired) electrons. The SMILES string of the molecule is Cc1ccc(F)c(-c2cn(Cc3ccccc3)c([C@@H](C3CCOCC3)N3C[C@@H]4C([C@H](O)C3=O)N(C(=O)OCc3ccc(NC(=O)CNC(=O)[C@@H](NC(=O)CCCCCN5C(=O)C=CC5=O)C(C)C)cc3)C[C@@H]4F)n2)c1. The van der Waals surface area contributed by atoms with Gasteiger partial charge in [0.25, 0.3) is 17.7 Å². The zero-order valence-corrected chi connectivity index (χ0v) is 42.3. The quantitative estimate of drug-likeness (QED) is 0.0651. The van der Waals surface area contributed by atoms with Crippen LogP contribution in [0.4, 0.5) is 19.3 Å². The van der Waals surface area contributed by atoms with Gasteiger partial charge in [-0.15, -0.1) is 0 Å². The summed E-state index contributed by atoms with van der Waals surface area (Å²) in [5.41, 5.74) is 3.34. The summed E-state index contributed by atoms with van der Waals surface area (Å²) in [5.74, 6) is -4.26. The van der Waals surface area contributed by atoms with Crippen LogP contribution >= 0.6 is 0 Å². The second kappa shape index (κ2) is 24.4. The number of aryl methyl sites for hydroxylation is 1. The molecule has 4 aliphatic heterocycles. The van der Waals surface area contributed by atoms with Crippen molar-refractivity contribution in [3.05, 3.63) is 119 Å². The van der Waals surface area contributed by atoms with Crippen LogP contribution in [0.5, 0.6) is 0 Å². The van der Waals surface area contributed by atoms with Crippen molar-refractivity contribution < 1.29 is 56.9 Å². The lowest BCUT2D eigenvalue weighted by Gasteiger charge is -2.46. The Labute approximate surface area is 433 Å². The lowest BCUT2D eigenvalue weighted by Crippen LogP contribution is -2.61. The molecular formula is C55H64F2N8O10. The van der Waals surface area contributed by atoms with Crippen LogP contribution in [0, 0.1) is 30.5 Å². The van der Waals surface area contributed by atoms with Crippen molar-refractivity contribution >= 4 is 47.2 Å². The highest BCUT2D eigenvalue weighted by atomic mass is 19.1. The van der Waals surface area contributed by atoms with Crippen molar-refractivity contribution in [1.82, 2.24) is 34.9 Å². The van der Waals surface area contributed by atoms with E-state index in [0.29, 0.717) is 80.2 Å². The first-order valence-corrected chi connectivity index (χ1v) is 25.6. The number of fused-ring (bicyclic) bond motifs is 1. The summed E-state index contributed by atoms with van der Waals surface area (Å²) in [6, 6.07) is 17.9. The van der Waals surface area contributed by atoms with Crippen molar-refractivity contribution in [2.75, 3.05) is 44.7 Å². The van der Waals surface area contributed by atoms with Gasteiger partial charge >= 0.3 is 6.09 Å². The monoisotopic (exact) mass is 1030 g/mol. The first-order valence-electron chi connectivity index (χ1n) is 25.6. The number of nitrogens with one attached hydrogen (secondary N) is 3. The number of amides is 7. The third-order valence-corrected chi connectivity index (χ3v) is 14.3. The fraction of sp³-hybridized carbons (Fsp3) is 0.455. The van der Waals surface area contributed by atoms with E-state index in [1.807, 2.05) is 41.8 Å². The Morgan fingerprint density at radius 2 is 1.61 bits per heavy atom. The second-order valence-corrected chi connectivity index (χ2v) is 20.0. The van der Waals surface area contributed by atoms with E-state index in [-0.39, 0.29) is 62.2 Å². The number of carbonyl (C=O) groups excluding carboxylic acids is 7. The number of piperidine rings is 1. The summed E-state index contributed by atoms with van der Waals surface area (Å²) in [6.07, 6.45) is 2.76. The number of imide groups is 1. The largest absolute Gasteiger partial charge is 0.445 e. The van der Waals surface area contributed by atoms with Gasteiger partial charge in [0, 0.05) is 74.8 Å². The molecule has 4 N–H and O–H groups in total. The second-order valence-electron chi connectivity index (χ2n) is 20.0. The van der Waals surface area contributed by atoms with Crippen LogP contribution < -0.4 is 16.0 Å². The maximum absolute atomic E-state index is 16.3. The molecule has 3 saturated heterocycles. The number of nitrogens with zero attached hydrogens (tertiary/aromatic N) is 5. The van der Waals surface area contributed by atoms with Gasteiger partial charge in [0.1, 0.15) is 30.5 Å². The Morgan fingerprint density at radius 1 is 0.893 bits per heavy atom. The molecule has 20 heteroatoms. The van der Waals surface area contributed by atoms with E-state index in [1.165, 1.54) is 23.1 Å². The number of hydrogen-bond donors (Lipinski definition) is 4. The lowest BCUT2D eigenvalue weighted by atomic mass is 9.84. The van der Waals surface area contributed by atoms with Crippen molar-refractivity contribution in [3.63, 3.8) is 0 Å². The number of likely N-dealkylation sites (tertiary alicyclic amines) is 2. The normalized spacial score (nSPS) is 20.6. The van der Waals surface area contributed by atoms with Crippen LogP contribution in [0.1, 0.15) is 80.9 Å². The topological polar surface area (TPSA) is 222 Å². The number of halogens is 2. The van der Waals surface area contributed by atoms with Gasteiger partial charge in [0.05, 0.1) is 30.9 Å². The van der Waals surface area contributed by atoms with Crippen molar-refractivity contribution in [1.29, 1.82) is 0 Å². The molecule has 4 aliphatic rings. The van der Waals surface area contributed by atoms with E-state index in [1.54, 1.807) is 56.4 Å². The van der Waals surface area contributed by atoms with Crippen molar-refractivity contribution in [2.24, 2.45) is 17.8 Å². The summed E-state index contributed by atoms with van der Waals surface area (Å²) >= 11 is 0. The number of carbonyl (C=O) groups is 7. The number of imidazole rings is 1. The Hall–Kier alpha value is -7.32. The number of ether oxygens (including phenoxy) is 2. The molecule has 3 aromatic carbocycles. The molecule has 3 fully saturated rings. The highest BCUT2D eigenvalue weighted by Crippen LogP contribution is 2.43. The van der Waals surface area contributed by atoms with Crippen molar-refractivity contribution in [2.45, 2.75) is 103 Å². The van der Waals surface area contributed by atoms with Gasteiger partial charge in [-0.25, -0.2) is 18.6 Å². The van der Waals surface area contributed by atoms with Crippen LogP contribution in [-0.2, 0) is 51.4 Å². The predicted octanol–water partition coefficient (Wildman–Crippen LogP) is 5.37. The number of aliphatic hydroxyl groups is 1. The molecule has 18 nitrogen and oxygen atoms in total. The van der Waals surface area contributed by atoms with E-state index < -0.39 is 72.5 Å². The number of aliphatic hydroxyl groups excluding tert-OH is 1. The summed E-state index contributed by atoms with van der Waals surface area (Å²) in [7, 11) is 0. The van der Waals surface area contributed by atoms with E-state index >= 15 is 8.78 Å². The van der Waals surface area contributed by atoms with Gasteiger partial charge in [-0.1, -0.05) is 74.4 Å². The average molecular weight is 1040 g/mol. The van der Waals surface area contributed by atoms with Crippen LogP contribution in [0.25, 0.3) is 11.3 Å². The molecular weight excluding hydrogens is 971 g/mol. The van der Waals surface area contributed by atoms with E-state index in [4.69, 9.17) is 14.5 Å². The third kappa shape index (κ3) is 13.0. The molecule has 0 aliphatic carbocycles. The van der Waals surface area contributed by atoms with Gasteiger partial charge in [0.2, 0.25) is 17.7 Å². The van der Waals surface area contributed by atoms with Crippen LogP contribution in [0.3, 0.4) is 0 Å². The molecule has 4 aromatic rings. The fourth-order valence-electron chi connectivity index (χ4n) is 10.3. The van der Waals surface area contributed by atoms with Gasteiger partial charge in [0.15, 0.2) is 6.10 Å². The average Bonchev–Trinajstić information content (AvgIpc) is 4.07. The first-order chi connectivity index (χ1) is 36.1. The molecule has 75 heavy (non-hydrogen) atoms. The summed E-state index contributed by atoms with van der Waals surface area (Å²) in [4.78, 5) is 99.0. The van der Waals surface area contributed by atoms with Crippen LogP contribution in [-0.4, -0.2) is 135 Å². The smallest absolute Gasteiger partial charge is 0.410 e. The van der Waals surface area contributed by atoms with Gasteiger partial charge in [-0.2, -0.15) is 0 Å². The molecule has 398 valence electrons. The zero-order chi connectivity index (χ0) is 53.3. The predicted molar refractivity (Wildman–Crippen MR) is 270 cm³/mol. The number of aromatic nitrogens is 2. The summed E-state index contributed by atoms with van der Waals surface area (Å²) < 4.78 is 45.0. The number of benzene rings is 3. The Balaban J connectivity index is 0.852. The number of unbranched alkanes of at least 4 members (excludes halogenated alkanes) is 2. The molecule has 0 spiro atoms. The van der Waals surface area contributed by atoms with E-state index in [2.05, 4.69) is 16.0 Å². The molecule has 7 amide bonds. The molecule has 0 bridgehead atoms. The Morgan fingerprint density at radius 3 is 2.32 bits per heavy atom. The lowest BCUT2D eigenvalue weighted by molar-refractivity contribution is -0.157. The van der Waals surface area contributed by atoms with Gasteiger partial charge < -0.3 is 40.0 Å². The van der Waals surface area contributed by atoms with Crippen LogP contribution in [0.2, 0.25) is 0 Å². The Kier molecular flexibility index (Phi) is 17.5. The summed E-state index contributed by atoms with van der Waals surface area (Å²) in [5, 5.41) is 19.8. The number of rotatable bonds is 20. The Bertz CT molecular complexity index is 2750. The minimum absolute atomic E-state index is 0.123. The molecule has 8 rings (SSSR count). The molecule has 1 aromatic heterocycles. The minimum atomic E-state index is -1.79. The summed E-state index contributed by atoms with van der Waals surface area (Å²) in [6.45, 7) is 5.67. The number of anilines is 1. The number of hydrogen-bond acceptors (Lipinski definition) is 11. The molecule has 0 saturated carbocycles. The first kappa shape index (κ1) is 54.0.